The van der Waals surface area contributed by atoms with Gasteiger partial charge in [-0.2, -0.15) is 0 Å². The van der Waals surface area contributed by atoms with Gasteiger partial charge >= 0.3 is 5.97 Å². The molecule has 0 heterocycles. The molecule has 268 valence electrons. The van der Waals surface area contributed by atoms with Crippen LogP contribution in [-0.4, -0.2) is 35.7 Å². The molecule has 45 heavy (non-hydrogen) atoms. The molecule has 5 nitrogen and oxygen atoms in total. The summed E-state index contributed by atoms with van der Waals surface area (Å²) in [6, 6.07) is -0.522. The molecule has 0 aliphatic heterocycles. The number of ether oxygens (including phenoxy) is 1. The molecule has 0 aromatic rings. The van der Waals surface area contributed by atoms with Gasteiger partial charge in [0.25, 0.3) is 0 Å². The van der Waals surface area contributed by atoms with Crippen molar-refractivity contribution in [3.63, 3.8) is 0 Å². The summed E-state index contributed by atoms with van der Waals surface area (Å²) in [7, 11) is 0. The molecule has 0 spiro atoms. The van der Waals surface area contributed by atoms with Crippen molar-refractivity contribution < 1.29 is 19.4 Å². The number of unbranched alkanes of at least 4 members (excludes halogenated alkanes) is 26. The maximum Gasteiger partial charge on any atom is 0.306 e. The quantitative estimate of drug-likeness (QED) is 0.0529. The third kappa shape index (κ3) is 31.3. The maximum absolute atomic E-state index is 12.8. The lowest BCUT2D eigenvalue weighted by atomic mass is 10.0. The van der Waals surface area contributed by atoms with Crippen LogP contribution in [0.3, 0.4) is 0 Å². The van der Waals surface area contributed by atoms with E-state index in [0.29, 0.717) is 19.3 Å². The number of aliphatic hydroxyl groups is 1. The normalized spacial score (nSPS) is 12.7. The van der Waals surface area contributed by atoms with Crippen LogP contribution in [0.15, 0.2) is 0 Å². The zero-order valence-electron chi connectivity index (χ0n) is 30.7. The Hall–Kier alpha value is -1.10. The third-order valence-corrected chi connectivity index (χ3v) is 9.36. The van der Waals surface area contributed by atoms with Crippen molar-refractivity contribution in [3.05, 3.63) is 0 Å². The van der Waals surface area contributed by atoms with Crippen LogP contribution in [0.5, 0.6) is 0 Å². The first kappa shape index (κ1) is 43.9. The van der Waals surface area contributed by atoms with E-state index in [0.717, 1.165) is 38.5 Å². The van der Waals surface area contributed by atoms with Gasteiger partial charge < -0.3 is 15.2 Å². The van der Waals surface area contributed by atoms with E-state index in [1.165, 1.54) is 148 Å². The standard InChI is InChI=1S/C40H79NO4/c1-4-7-10-13-16-19-20-23-25-28-31-34-39(43)41-37(36-42)38(33-30-27-24-21-17-14-11-8-5-2)45-40(44)35-32-29-26-22-18-15-12-9-6-3/h37-38,42H,4-36H2,1-3H3,(H,41,43)/t37-,38+/m0/s1. The third-order valence-electron chi connectivity index (χ3n) is 9.36. The molecule has 0 unspecified atom stereocenters. The fraction of sp³-hybridized carbons (Fsp3) is 0.950. The van der Waals surface area contributed by atoms with E-state index in [4.69, 9.17) is 4.74 Å². The molecule has 0 saturated carbocycles. The molecule has 0 rings (SSSR count). The Balaban J connectivity index is 4.47. The van der Waals surface area contributed by atoms with Gasteiger partial charge in [0.2, 0.25) is 5.91 Å². The molecule has 0 radical (unpaired) electrons. The van der Waals surface area contributed by atoms with Gasteiger partial charge in [0.1, 0.15) is 6.10 Å². The minimum absolute atomic E-state index is 0.0305. The lowest BCUT2D eigenvalue weighted by Crippen LogP contribution is -2.47. The Bertz CT molecular complexity index is 625. The Morgan fingerprint density at radius 3 is 1.20 bits per heavy atom. The number of rotatable bonds is 36. The van der Waals surface area contributed by atoms with E-state index >= 15 is 0 Å². The van der Waals surface area contributed by atoms with Crippen LogP contribution in [0.2, 0.25) is 0 Å². The average Bonchev–Trinajstić information content (AvgIpc) is 3.04. The van der Waals surface area contributed by atoms with E-state index < -0.39 is 12.1 Å². The Labute approximate surface area is 281 Å². The highest BCUT2D eigenvalue weighted by Crippen LogP contribution is 2.17. The Morgan fingerprint density at radius 2 is 0.822 bits per heavy atom. The molecule has 0 aromatic carbocycles. The van der Waals surface area contributed by atoms with Crippen LogP contribution < -0.4 is 5.32 Å². The zero-order chi connectivity index (χ0) is 33.1. The van der Waals surface area contributed by atoms with Crippen molar-refractivity contribution in [2.45, 2.75) is 238 Å². The predicted molar refractivity (Wildman–Crippen MR) is 194 cm³/mol. The van der Waals surface area contributed by atoms with Crippen molar-refractivity contribution in [1.29, 1.82) is 0 Å². The summed E-state index contributed by atoms with van der Waals surface area (Å²) >= 11 is 0. The highest BCUT2D eigenvalue weighted by Gasteiger charge is 2.26. The maximum atomic E-state index is 12.8. The highest BCUT2D eigenvalue weighted by molar-refractivity contribution is 5.76. The molecule has 0 aromatic heterocycles. The summed E-state index contributed by atoms with van der Waals surface area (Å²) in [6.45, 7) is 6.56. The second-order valence-corrected chi connectivity index (χ2v) is 13.9. The first-order valence-electron chi connectivity index (χ1n) is 20.2. The summed E-state index contributed by atoms with van der Waals surface area (Å²) in [6.07, 6.45) is 36.9. The van der Waals surface area contributed by atoms with Crippen LogP contribution in [0.4, 0.5) is 0 Å². The molecular weight excluding hydrogens is 558 g/mol. The summed E-state index contributed by atoms with van der Waals surface area (Å²) in [4.78, 5) is 25.6. The summed E-state index contributed by atoms with van der Waals surface area (Å²) in [5.74, 6) is -0.214. The van der Waals surface area contributed by atoms with Crippen LogP contribution in [0.1, 0.15) is 226 Å². The molecule has 0 fully saturated rings. The van der Waals surface area contributed by atoms with Crippen LogP contribution in [-0.2, 0) is 14.3 Å². The summed E-state index contributed by atoms with van der Waals surface area (Å²) in [5, 5.41) is 13.2. The van der Waals surface area contributed by atoms with Crippen molar-refractivity contribution in [3.8, 4) is 0 Å². The molecular formula is C40H79NO4. The van der Waals surface area contributed by atoms with Gasteiger partial charge in [-0.1, -0.05) is 188 Å². The molecule has 2 N–H and O–H groups in total. The van der Waals surface area contributed by atoms with E-state index in [1.54, 1.807) is 0 Å². The largest absolute Gasteiger partial charge is 0.460 e. The van der Waals surface area contributed by atoms with Crippen molar-refractivity contribution >= 4 is 11.9 Å². The van der Waals surface area contributed by atoms with Gasteiger partial charge in [0.05, 0.1) is 12.6 Å². The van der Waals surface area contributed by atoms with Crippen LogP contribution in [0, 0.1) is 0 Å². The number of esters is 1. The minimum atomic E-state index is -0.522. The van der Waals surface area contributed by atoms with Gasteiger partial charge in [-0.3, -0.25) is 9.59 Å². The number of nitrogens with one attached hydrogen (secondary N) is 1. The number of carbonyl (C=O) groups excluding carboxylic acids is 2. The number of hydrogen-bond donors (Lipinski definition) is 2. The lowest BCUT2D eigenvalue weighted by molar-refractivity contribution is -0.152. The molecule has 1 amide bonds. The summed E-state index contributed by atoms with van der Waals surface area (Å²) in [5.41, 5.74) is 0. The average molecular weight is 638 g/mol. The topological polar surface area (TPSA) is 75.6 Å². The fourth-order valence-electron chi connectivity index (χ4n) is 6.29. The van der Waals surface area contributed by atoms with E-state index in [-0.39, 0.29) is 18.5 Å². The van der Waals surface area contributed by atoms with Crippen molar-refractivity contribution in [1.82, 2.24) is 5.32 Å². The molecule has 5 heteroatoms. The van der Waals surface area contributed by atoms with Gasteiger partial charge in [-0.25, -0.2) is 0 Å². The highest BCUT2D eigenvalue weighted by atomic mass is 16.5. The van der Waals surface area contributed by atoms with Crippen LogP contribution >= 0.6 is 0 Å². The molecule has 0 bridgehead atoms. The van der Waals surface area contributed by atoms with E-state index in [1.807, 2.05) is 0 Å². The van der Waals surface area contributed by atoms with Gasteiger partial charge in [0.15, 0.2) is 0 Å². The number of carbonyl (C=O) groups is 2. The first-order valence-corrected chi connectivity index (χ1v) is 20.2. The summed E-state index contributed by atoms with van der Waals surface area (Å²) < 4.78 is 5.95. The van der Waals surface area contributed by atoms with E-state index in [2.05, 4.69) is 26.1 Å². The first-order chi connectivity index (χ1) is 22.1. The van der Waals surface area contributed by atoms with Crippen LogP contribution in [0.25, 0.3) is 0 Å². The Kier molecular flexibility index (Phi) is 34.9. The molecule has 0 aliphatic rings. The number of hydrogen-bond acceptors (Lipinski definition) is 4. The molecule has 0 aliphatic carbocycles. The number of amides is 1. The lowest BCUT2D eigenvalue weighted by Gasteiger charge is -2.27. The second kappa shape index (κ2) is 35.7. The Morgan fingerprint density at radius 1 is 0.489 bits per heavy atom. The zero-order valence-corrected chi connectivity index (χ0v) is 30.7. The number of aliphatic hydroxyl groups excluding tert-OH is 1. The van der Waals surface area contributed by atoms with Crippen molar-refractivity contribution in [2.75, 3.05) is 6.61 Å². The van der Waals surface area contributed by atoms with Gasteiger partial charge in [0, 0.05) is 12.8 Å². The molecule has 0 saturated heterocycles. The minimum Gasteiger partial charge on any atom is -0.460 e. The van der Waals surface area contributed by atoms with Gasteiger partial charge in [-0.05, 0) is 25.7 Å². The SMILES string of the molecule is CCCCCCCCCCCCCC(=O)N[C@@H](CO)[C@@H](CCCCCCCCCCC)OC(=O)CCCCCCCCCCC. The monoisotopic (exact) mass is 638 g/mol. The fourth-order valence-corrected chi connectivity index (χ4v) is 6.29. The van der Waals surface area contributed by atoms with Gasteiger partial charge in [-0.15, -0.1) is 0 Å². The predicted octanol–water partition coefficient (Wildman–Crippen LogP) is 11.9. The second-order valence-electron chi connectivity index (χ2n) is 13.9. The molecule has 2 atom stereocenters. The smallest absolute Gasteiger partial charge is 0.306 e. The van der Waals surface area contributed by atoms with Crippen molar-refractivity contribution in [2.24, 2.45) is 0 Å². The van der Waals surface area contributed by atoms with E-state index in [9.17, 15) is 14.7 Å².